The summed E-state index contributed by atoms with van der Waals surface area (Å²) in [6, 6.07) is 0. The minimum atomic E-state index is -0.532. The molecule has 1 rings (SSSR count). The van der Waals surface area contributed by atoms with Gasteiger partial charge in [0.2, 0.25) is 5.82 Å². The lowest BCUT2D eigenvalue weighted by molar-refractivity contribution is -0.385. The van der Waals surface area contributed by atoms with Crippen molar-refractivity contribution in [1.29, 1.82) is 0 Å². The fourth-order valence-corrected chi connectivity index (χ4v) is 1.21. The number of hydrogen-bond acceptors (Lipinski definition) is 6. The molecule has 0 aliphatic heterocycles. The zero-order valence-electron chi connectivity index (χ0n) is 10.1. The summed E-state index contributed by atoms with van der Waals surface area (Å²) in [5.74, 6) is 0.195. The monoisotopic (exact) mass is 240 g/mol. The van der Waals surface area contributed by atoms with Gasteiger partial charge >= 0.3 is 5.69 Å². The molecule has 0 aromatic carbocycles. The van der Waals surface area contributed by atoms with Gasteiger partial charge in [0.1, 0.15) is 6.33 Å². The molecule has 0 radical (unpaired) electrons. The van der Waals surface area contributed by atoms with Crippen LogP contribution in [0.15, 0.2) is 6.33 Å². The van der Waals surface area contributed by atoms with Crippen LogP contribution in [-0.4, -0.2) is 27.5 Å². The van der Waals surface area contributed by atoms with E-state index in [9.17, 15) is 10.1 Å². The molecule has 17 heavy (non-hydrogen) atoms. The predicted molar refractivity (Wildman–Crippen MR) is 63.2 cm³/mol. The van der Waals surface area contributed by atoms with Crippen molar-refractivity contribution in [2.24, 2.45) is 0 Å². The molecule has 0 fully saturated rings. The minimum absolute atomic E-state index is 0.00129. The van der Waals surface area contributed by atoms with E-state index in [1.165, 1.54) is 6.33 Å². The summed E-state index contributed by atoms with van der Waals surface area (Å²) in [6.07, 6.45) is 1.92. The Morgan fingerprint density at radius 2 is 2.24 bits per heavy atom. The molecular formula is C10H16N4O3. The molecule has 0 saturated carbocycles. The van der Waals surface area contributed by atoms with Crippen molar-refractivity contribution in [1.82, 2.24) is 9.97 Å². The fraction of sp³-hybridized carbons (Fsp3) is 0.600. The summed E-state index contributed by atoms with van der Waals surface area (Å²) in [5.41, 5.74) is -0.213. The van der Waals surface area contributed by atoms with E-state index in [-0.39, 0.29) is 23.5 Å². The average Bonchev–Trinajstić information content (AvgIpc) is 2.25. The van der Waals surface area contributed by atoms with Crippen molar-refractivity contribution >= 4 is 11.5 Å². The van der Waals surface area contributed by atoms with E-state index in [0.717, 1.165) is 6.42 Å². The third-order valence-corrected chi connectivity index (χ3v) is 1.86. The van der Waals surface area contributed by atoms with Gasteiger partial charge in [0.05, 0.1) is 11.0 Å². The lowest BCUT2D eigenvalue weighted by Crippen LogP contribution is -2.12. The molecule has 7 heteroatoms. The smallest absolute Gasteiger partial charge is 0.372 e. The average molecular weight is 240 g/mol. The number of nitrogens with one attached hydrogen (secondary N) is 1. The van der Waals surface area contributed by atoms with E-state index in [4.69, 9.17) is 4.74 Å². The number of aromatic nitrogens is 2. The Hall–Kier alpha value is -1.92. The molecule has 1 N–H and O–H groups in total. The first kappa shape index (κ1) is 13.1. The first-order valence-corrected chi connectivity index (χ1v) is 5.46. The standard InChI is InChI=1S/C10H16N4O3/c1-4-5-11-9-8(14(15)16)10(13-6-12-9)17-7(2)3/h6-7H,4-5H2,1-3H3,(H,11,12,13). The number of nitro groups is 1. The molecule has 0 atom stereocenters. The van der Waals surface area contributed by atoms with Crippen LogP contribution in [0.3, 0.4) is 0 Å². The van der Waals surface area contributed by atoms with Crippen LogP contribution in [0.4, 0.5) is 11.5 Å². The highest BCUT2D eigenvalue weighted by atomic mass is 16.6. The van der Waals surface area contributed by atoms with Crippen molar-refractivity contribution in [2.45, 2.75) is 33.3 Å². The summed E-state index contributed by atoms with van der Waals surface area (Å²) in [5, 5.41) is 13.9. The zero-order valence-corrected chi connectivity index (χ0v) is 10.1. The Balaban J connectivity index is 3.08. The Morgan fingerprint density at radius 1 is 1.53 bits per heavy atom. The van der Waals surface area contributed by atoms with Crippen molar-refractivity contribution in [3.05, 3.63) is 16.4 Å². The molecule has 0 aliphatic carbocycles. The van der Waals surface area contributed by atoms with Crippen molar-refractivity contribution in [3.8, 4) is 5.88 Å². The molecular weight excluding hydrogens is 224 g/mol. The molecule has 94 valence electrons. The quantitative estimate of drug-likeness (QED) is 0.604. The maximum absolute atomic E-state index is 11.0. The Labute approximate surface area is 99.4 Å². The van der Waals surface area contributed by atoms with Crippen molar-refractivity contribution in [2.75, 3.05) is 11.9 Å². The second-order valence-corrected chi connectivity index (χ2v) is 3.73. The second-order valence-electron chi connectivity index (χ2n) is 3.73. The highest BCUT2D eigenvalue weighted by Crippen LogP contribution is 2.31. The Bertz CT molecular complexity index is 395. The van der Waals surface area contributed by atoms with Crippen LogP contribution in [0.2, 0.25) is 0 Å². The molecule has 0 amide bonds. The molecule has 0 spiro atoms. The predicted octanol–water partition coefficient (Wildman–Crippen LogP) is 1.99. The molecule has 0 bridgehead atoms. The van der Waals surface area contributed by atoms with E-state index in [2.05, 4.69) is 15.3 Å². The van der Waals surface area contributed by atoms with Gasteiger partial charge in [0.15, 0.2) is 0 Å². The van der Waals surface area contributed by atoms with Gasteiger partial charge in [-0.3, -0.25) is 10.1 Å². The summed E-state index contributed by atoms with van der Waals surface area (Å²) < 4.78 is 5.29. The van der Waals surface area contributed by atoms with Crippen molar-refractivity contribution in [3.63, 3.8) is 0 Å². The van der Waals surface area contributed by atoms with E-state index >= 15 is 0 Å². The van der Waals surface area contributed by atoms with Crippen LogP contribution in [0, 0.1) is 10.1 Å². The van der Waals surface area contributed by atoms with E-state index in [1.54, 1.807) is 13.8 Å². The second kappa shape index (κ2) is 5.97. The summed E-state index contributed by atoms with van der Waals surface area (Å²) in [7, 11) is 0. The largest absolute Gasteiger partial charge is 0.470 e. The highest BCUT2D eigenvalue weighted by Gasteiger charge is 2.24. The molecule has 0 aliphatic rings. The third kappa shape index (κ3) is 3.54. The van der Waals surface area contributed by atoms with Crippen LogP contribution in [0.5, 0.6) is 5.88 Å². The van der Waals surface area contributed by atoms with E-state index in [0.29, 0.717) is 6.54 Å². The Kier molecular flexibility index (Phi) is 4.62. The zero-order chi connectivity index (χ0) is 12.8. The van der Waals surface area contributed by atoms with Crippen LogP contribution in [0.25, 0.3) is 0 Å². The van der Waals surface area contributed by atoms with E-state index in [1.807, 2.05) is 6.92 Å². The number of rotatable bonds is 6. The van der Waals surface area contributed by atoms with Gasteiger partial charge in [0.25, 0.3) is 5.88 Å². The Morgan fingerprint density at radius 3 is 2.76 bits per heavy atom. The fourth-order valence-electron chi connectivity index (χ4n) is 1.21. The van der Waals surface area contributed by atoms with Crippen LogP contribution >= 0.6 is 0 Å². The first-order chi connectivity index (χ1) is 8.06. The molecule has 0 saturated heterocycles. The minimum Gasteiger partial charge on any atom is -0.470 e. The van der Waals surface area contributed by atoms with Gasteiger partial charge in [-0.15, -0.1) is 0 Å². The third-order valence-electron chi connectivity index (χ3n) is 1.86. The SMILES string of the molecule is CCCNc1ncnc(OC(C)C)c1[N+](=O)[O-]. The topological polar surface area (TPSA) is 90.2 Å². The van der Waals surface area contributed by atoms with E-state index < -0.39 is 4.92 Å². The van der Waals surface area contributed by atoms with Crippen LogP contribution in [-0.2, 0) is 0 Å². The number of anilines is 1. The van der Waals surface area contributed by atoms with Gasteiger partial charge in [-0.1, -0.05) is 6.92 Å². The normalized spacial score (nSPS) is 10.4. The van der Waals surface area contributed by atoms with Gasteiger partial charge in [0, 0.05) is 6.54 Å². The molecule has 0 unspecified atom stereocenters. The first-order valence-electron chi connectivity index (χ1n) is 5.46. The maximum Gasteiger partial charge on any atom is 0.372 e. The lowest BCUT2D eigenvalue weighted by Gasteiger charge is -2.10. The molecule has 1 heterocycles. The number of hydrogen-bond donors (Lipinski definition) is 1. The summed E-state index contributed by atoms with van der Waals surface area (Å²) >= 11 is 0. The van der Waals surface area contributed by atoms with Gasteiger partial charge in [-0.05, 0) is 20.3 Å². The molecule has 1 aromatic rings. The number of ether oxygens (including phenoxy) is 1. The van der Waals surface area contributed by atoms with Crippen molar-refractivity contribution < 1.29 is 9.66 Å². The van der Waals surface area contributed by atoms with Gasteiger partial charge in [-0.2, -0.15) is 4.98 Å². The highest BCUT2D eigenvalue weighted by molar-refractivity contribution is 5.61. The van der Waals surface area contributed by atoms with Gasteiger partial charge in [-0.25, -0.2) is 4.98 Å². The lowest BCUT2D eigenvalue weighted by atomic mass is 10.4. The molecule has 7 nitrogen and oxygen atoms in total. The summed E-state index contributed by atoms with van der Waals surface area (Å²) in [4.78, 5) is 18.1. The van der Waals surface area contributed by atoms with Crippen LogP contribution < -0.4 is 10.1 Å². The number of nitrogens with zero attached hydrogens (tertiary/aromatic N) is 3. The van der Waals surface area contributed by atoms with Gasteiger partial charge < -0.3 is 10.1 Å². The van der Waals surface area contributed by atoms with Crippen LogP contribution in [0.1, 0.15) is 27.2 Å². The summed E-state index contributed by atoms with van der Waals surface area (Å²) in [6.45, 7) is 6.14. The molecule has 1 aromatic heterocycles. The maximum atomic E-state index is 11.0.